The lowest BCUT2D eigenvalue weighted by molar-refractivity contribution is -0.139. The molecule has 0 spiro atoms. The van der Waals surface area contributed by atoms with E-state index in [0.29, 0.717) is 0 Å². The third-order valence-corrected chi connectivity index (χ3v) is 3.24. The van der Waals surface area contributed by atoms with Crippen LogP contribution < -0.4 is 0 Å². The molecule has 3 aromatic rings. The van der Waals surface area contributed by atoms with Crippen LogP contribution in [0.5, 0.6) is 0 Å². The highest BCUT2D eigenvalue weighted by atomic mass is 35.5. The number of rotatable bonds is 2. The molecule has 112 valence electrons. The van der Waals surface area contributed by atoms with Crippen LogP contribution in [0.1, 0.15) is 21.9 Å². The molecule has 3 rings (SSSR count). The predicted molar refractivity (Wildman–Crippen MR) is 71.7 cm³/mol. The number of carbonyl (C=O) groups excluding carboxylic acids is 1. The number of carbonyl (C=O) groups is 1. The largest absolute Gasteiger partial charge is 0.446 e. The number of furan rings is 1. The number of alkyl halides is 3. The van der Waals surface area contributed by atoms with Gasteiger partial charge < -0.3 is 4.42 Å². The molecule has 0 radical (unpaired) electrons. The highest BCUT2D eigenvalue weighted by Gasteiger charge is 2.37. The van der Waals surface area contributed by atoms with Crippen LogP contribution in [0.15, 0.2) is 41.0 Å². The van der Waals surface area contributed by atoms with E-state index < -0.39 is 23.5 Å². The Morgan fingerprint density at radius 1 is 1.14 bits per heavy atom. The number of hydrogen-bond donors (Lipinski definition) is 0. The van der Waals surface area contributed by atoms with Crippen molar-refractivity contribution in [1.82, 2.24) is 9.97 Å². The zero-order valence-corrected chi connectivity index (χ0v) is 11.4. The van der Waals surface area contributed by atoms with Crippen molar-refractivity contribution in [2.24, 2.45) is 0 Å². The molecule has 0 amide bonds. The van der Waals surface area contributed by atoms with Crippen molar-refractivity contribution in [3.8, 4) is 0 Å². The first-order valence-electron chi connectivity index (χ1n) is 5.99. The summed E-state index contributed by atoms with van der Waals surface area (Å²) in [4.78, 5) is 19.4. The number of hydrogen-bond acceptors (Lipinski definition) is 4. The van der Waals surface area contributed by atoms with Crippen LogP contribution in [-0.4, -0.2) is 15.8 Å². The van der Waals surface area contributed by atoms with Gasteiger partial charge in [-0.3, -0.25) is 4.79 Å². The van der Waals surface area contributed by atoms with E-state index in [1.807, 2.05) is 0 Å². The minimum Gasteiger partial charge on any atom is -0.446 e. The van der Waals surface area contributed by atoms with Crippen LogP contribution >= 0.6 is 11.6 Å². The molecule has 0 unspecified atom stereocenters. The van der Waals surface area contributed by atoms with Crippen molar-refractivity contribution in [3.63, 3.8) is 0 Å². The van der Waals surface area contributed by atoms with Crippen LogP contribution in [0.3, 0.4) is 0 Å². The molecular formula is C14H6ClF3N2O2. The maximum atomic E-state index is 13.1. The summed E-state index contributed by atoms with van der Waals surface area (Å²) in [5.74, 6) is -1.43. The fourth-order valence-electron chi connectivity index (χ4n) is 1.94. The van der Waals surface area contributed by atoms with Gasteiger partial charge in [0.25, 0.3) is 0 Å². The van der Waals surface area contributed by atoms with E-state index in [4.69, 9.17) is 16.0 Å². The molecule has 0 saturated carbocycles. The van der Waals surface area contributed by atoms with Crippen LogP contribution in [0.2, 0.25) is 5.02 Å². The molecule has 0 fully saturated rings. The van der Waals surface area contributed by atoms with E-state index in [2.05, 4.69) is 9.97 Å². The lowest BCUT2D eigenvalue weighted by Gasteiger charge is -2.08. The molecular weight excluding hydrogens is 321 g/mol. The van der Waals surface area contributed by atoms with E-state index >= 15 is 0 Å². The highest BCUT2D eigenvalue weighted by Crippen LogP contribution is 2.33. The Hall–Kier alpha value is -2.41. The second-order valence-corrected chi connectivity index (χ2v) is 4.75. The molecule has 4 nitrogen and oxygen atoms in total. The van der Waals surface area contributed by atoms with Gasteiger partial charge in [-0.25, -0.2) is 4.98 Å². The first kappa shape index (κ1) is 14.5. The lowest BCUT2D eigenvalue weighted by Crippen LogP contribution is -2.15. The first-order valence-corrected chi connectivity index (χ1v) is 6.37. The Morgan fingerprint density at radius 2 is 1.86 bits per heavy atom. The minimum atomic E-state index is -4.74. The van der Waals surface area contributed by atoms with E-state index in [9.17, 15) is 18.0 Å². The molecule has 1 aromatic carbocycles. The van der Waals surface area contributed by atoms with Crippen molar-refractivity contribution >= 4 is 28.5 Å². The van der Waals surface area contributed by atoms with E-state index in [-0.39, 0.29) is 21.7 Å². The zero-order chi connectivity index (χ0) is 15.9. The number of nitrogens with zero attached hydrogens (tertiary/aromatic N) is 2. The van der Waals surface area contributed by atoms with Gasteiger partial charge in [0.15, 0.2) is 5.69 Å². The summed E-state index contributed by atoms with van der Waals surface area (Å²) in [6, 6.07) is 7.06. The zero-order valence-electron chi connectivity index (χ0n) is 10.7. The van der Waals surface area contributed by atoms with Crippen LogP contribution in [-0.2, 0) is 6.18 Å². The van der Waals surface area contributed by atoms with Crippen molar-refractivity contribution in [3.05, 3.63) is 58.7 Å². The van der Waals surface area contributed by atoms with E-state index in [0.717, 1.165) is 12.3 Å². The van der Waals surface area contributed by atoms with E-state index in [1.54, 1.807) is 6.07 Å². The molecule has 2 heterocycles. The van der Waals surface area contributed by atoms with Gasteiger partial charge in [-0.15, -0.1) is 0 Å². The van der Waals surface area contributed by atoms with Crippen LogP contribution in [0.4, 0.5) is 13.2 Å². The molecule has 0 bridgehead atoms. The van der Waals surface area contributed by atoms with Gasteiger partial charge in [0.2, 0.25) is 17.3 Å². The molecule has 0 aliphatic heterocycles. The fraction of sp³-hybridized carbons (Fsp3) is 0.0714. The van der Waals surface area contributed by atoms with Gasteiger partial charge in [-0.1, -0.05) is 23.7 Å². The molecule has 2 aromatic heterocycles. The van der Waals surface area contributed by atoms with Crippen LogP contribution in [0.25, 0.3) is 11.1 Å². The van der Waals surface area contributed by atoms with Crippen molar-refractivity contribution in [2.45, 2.75) is 6.18 Å². The second-order valence-electron chi connectivity index (χ2n) is 4.34. The Labute approximate surface area is 126 Å². The first-order chi connectivity index (χ1) is 10.4. The van der Waals surface area contributed by atoms with Gasteiger partial charge in [-0.05, 0) is 18.2 Å². The lowest BCUT2D eigenvalue weighted by atomic mass is 10.1. The average molecular weight is 327 g/mol. The summed E-state index contributed by atoms with van der Waals surface area (Å²) in [7, 11) is 0. The van der Waals surface area contributed by atoms with Gasteiger partial charge in [0, 0.05) is 5.56 Å². The standard InChI is InChI=1S/C14H6ClF3N2O2/c15-9-4-2-1-3-7(9)10(21)12-19-11(14(16,17)18)8-5-6-22-13(8)20-12/h1-6H. The highest BCUT2D eigenvalue weighted by molar-refractivity contribution is 6.34. The average Bonchev–Trinajstić information content (AvgIpc) is 2.93. The Balaban J connectivity index is 2.20. The molecule has 0 aliphatic carbocycles. The number of ketones is 1. The summed E-state index contributed by atoms with van der Waals surface area (Å²) >= 11 is 5.87. The van der Waals surface area contributed by atoms with Gasteiger partial charge >= 0.3 is 6.18 Å². The molecule has 22 heavy (non-hydrogen) atoms. The van der Waals surface area contributed by atoms with Gasteiger partial charge in [0.1, 0.15) is 0 Å². The van der Waals surface area contributed by atoms with Gasteiger partial charge in [-0.2, -0.15) is 18.2 Å². The smallest absolute Gasteiger partial charge is 0.434 e. The SMILES string of the molecule is O=C(c1nc(C(F)(F)F)c2ccoc2n1)c1ccccc1Cl. The number of aromatic nitrogens is 2. The summed E-state index contributed by atoms with van der Waals surface area (Å²) in [5, 5.41) is -0.201. The molecule has 0 N–H and O–H groups in total. The number of benzene rings is 1. The monoisotopic (exact) mass is 326 g/mol. The normalized spacial score (nSPS) is 11.8. The summed E-state index contributed by atoms with van der Waals surface area (Å²) in [5.41, 5.74) is -1.51. The number of fused-ring (bicyclic) bond motifs is 1. The topological polar surface area (TPSA) is 56.0 Å². The van der Waals surface area contributed by atoms with Crippen molar-refractivity contribution in [1.29, 1.82) is 0 Å². The minimum absolute atomic E-state index is 0.0168. The van der Waals surface area contributed by atoms with Crippen LogP contribution in [0, 0.1) is 0 Å². The van der Waals surface area contributed by atoms with Gasteiger partial charge in [0.05, 0.1) is 16.7 Å². The maximum Gasteiger partial charge on any atom is 0.434 e. The maximum absolute atomic E-state index is 13.1. The van der Waals surface area contributed by atoms with Crippen molar-refractivity contribution in [2.75, 3.05) is 0 Å². The van der Waals surface area contributed by atoms with Crippen molar-refractivity contribution < 1.29 is 22.4 Å². The molecule has 0 atom stereocenters. The third-order valence-electron chi connectivity index (χ3n) is 2.92. The second kappa shape index (κ2) is 5.10. The number of halogens is 4. The third kappa shape index (κ3) is 2.43. The molecule has 0 saturated heterocycles. The summed E-state index contributed by atoms with van der Waals surface area (Å²) in [6.07, 6.45) is -3.68. The Bertz CT molecular complexity index is 874. The quantitative estimate of drug-likeness (QED) is 0.665. The Kier molecular flexibility index (Phi) is 3.37. The summed E-state index contributed by atoms with van der Waals surface area (Å²) in [6.45, 7) is 0. The molecule has 8 heteroatoms. The predicted octanol–water partition coefficient (Wildman–Crippen LogP) is 4.13. The Morgan fingerprint density at radius 3 is 2.55 bits per heavy atom. The summed E-state index contributed by atoms with van der Waals surface area (Å²) < 4.78 is 44.0. The fourth-order valence-corrected chi connectivity index (χ4v) is 2.16. The van der Waals surface area contributed by atoms with E-state index in [1.165, 1.54) is 18.2 Å². The molecule has 0 aliphatic rings.